The van der Waals surface area contributed by atoms with Crippen molar-refractivity contribution in [2.75, 3.05) is 0 Å². The van der Waals surface area contributed by atoms with Gasteiger partial charge in [-0.05, 0) is 35.8 Å². The molecule has 1 aromatic carbocycles. The summed E-state index contributed by atoms with van der Waals surface area (Å²) in [5.74, 6) is 2.22. The maximum Gasteiger partial charge on any atom is 0.252 e. The predicted octanol–water partition coefficient (Wildman–Crippen LogP) is 4.11. The number of fused-ring (bicyclic) bond motifs is 2. The van der Waals surface area contributed by atoms with Crippen LogP contribution in [0.4, 0.5) is 0 Å². The van der Waals surface area contributed by atoms with Crippen LogP contribution in [0.1, 0.15) is 78.5 Å². The molecule has 0 saturated carbocycles. The number of hydrogen-bond donors (Lipinski definition) is 0. The van der Waals surface area contributed by atoms with E-state index >= 15 is 0 Å². The molecule has 3 aromatic rings. The van der Waals surface area contributed by atoms with Crippen LogP contribution in [0.2, 0.25) is 0 Å². The lowest BCUT2D eigenvalue weighted by Crippen LogP contribution is -2.21. The van der Waals surface area contributed by atoms with Gasteiger partial charge in [-0.1, -0.05) is 45.0 Å². The van der Waals surface area contributed by atoms with E-state index in [-0.39, 0.29) is 11.7 Å². The Kier molecular flexibility index (Phi) is 4.31. The van der Waals surface area contributed by atoms with Gasteiger partial charge in [0.1, 0.15) is 0 Å². The second kappa shape index (κ2) is 6.63. The van der Waals surface area contributed by atoms with Crippen LogP contribution in [0.5, 0.6) is 0 Å². The summed E-state index contributed by atoms with van der Waals surface area (Å²) in [6.45, 7) is 6.48. The molecule has 134 valence electrons. The molecule has 1 atom stereocenters. The average molecular weight is 348 g/mol. The van der Waals surface area contributed by atoms with Gasteiger partial charge in [0.15, 0.2) is 11.6 Å². The van der Waals surface area contributed by atoms with Crippen molar-refractivity contribution in [1.82, 2.24) is 19.6 Å². The first-order chi connectivity index (χ1) is 12.5. The van der Waals surface area contributed by atoms with E-state index in [2.05, 4.69) is 60.1 Å². The Bertz CT molecular complexity index is 956. The van der Waals surface area contributed by atoms with Gasteiger partial charge in [-0.3, -0.25) is 4.79 Å². The molecular formula is C21H24N4O. The molecule has 0 radical (unpaired) electrons. The lowest BCUT2D eigenvalue weighted by Gasteiger charge is -2.23. The van der Waals surface area contributed by atoms with E-state index in [4.69, 9.17) is 0 Å². The van der Waals surface area contributed by atoms with Gasteiger partial charge < -0.3 is 0 Å². The first kappa shape index (κ1) is 16.9. The molecule has 0 saturated heterocycles. The van der Waals surface area contributed by atoms with E-state index in [1.165, 1.54) is 11.1 Å². The molecule has 5 heteroatoms. The topological polar surface area (TPSA) is 60.1 Å². The Labute approximate surface area is 153 Å². The molecule has 0 fully saturated rings. The molecule has 2 aromatic heterocycles. The quantitative estimate of drug-likeness (QED) is 0.712. The largest absolute Gasteiger partial charge is 0.294 e. The molecule has 0 unspecified atom stereocenters. The molecule has 0 aliphatic heterocycles. The van der Waals surface area contributed by atoms with Crippen molar-refractivity contribution in [1.29, 1.82) is 0 Å². The smallest absolute Gasteiger partial charge is 0.252 e. The zero-order chi connectivity index (χ0) is 18.3. The van der Waals surface area contributed by atoms with Gasteiger partial charge in [-0.25, -0.2) is 9.50 Å². The highest BCUT2D eigenvalue weighted by Crippen LogP contribution is 2.32. The summed E-state index contributed by atoms with van der Waals surface area (Å²) in [5.41, 5.74) is 4.08. The molecule has 0 spiro atoms. The van der Waals surface area contributed by atoms with Crippen LogP contribution >= 0.6 is 0 Å². The normalized spacial score (nSPS) is 17.1. The fourth-order valence-corrected chi connectivity index (χ4v) is 3.64. The lowest BCUT2D eigenvalue weighted by molar-refractivity contribution is 0.0962. The summed E-state index contributed by atoms with van der Waals surface area (Å²) in [5, 5.41) is 4.44. The number of carbonyl (C=O) groups excluding carboxylic acids is 1. The Morgan fingerprint density at radius 1 is 1.15 bits per heavy atom. The highest BCUT2D eigenvalue weighted by Gasteiger charge is 2.28. The fourth-order valence-electron chi connectivity index (χ4n) is 3.64. The maximum absolute atomic E-state index is 12.7. The van der Waals surface area contributed by atoms with Crippen LogP contribution in [-0.4, -0.2) is 25.4 Å². The first-order valence-corrected chi connectivity index (χ1v) is 9.43. The van der Waals surface area contributed by atoms with E-state index in [0.29, 0.717) is 23.7 Å². The number of aromatic nitrogens is 4. The van der Waals surface area contributed by atoms with Gasteiger partial charge in [-0.15, -0.1) is 5.10 Å². The minimum atomic E-state index is 0.145. The minimum Gasteiger partial charge on any atom is -0.294 e. The van der Waals surface area contributed by atoms with Crippen LogP contribution in [-0.2, 0) is 12.8 Å². The number of Topliss-reactive ketones (excluding diaryl/α,β-unsaturated/α-hetero) is 1. The third-order valence-electron chi connectivity index (χ3n) is 5.17. The fraction of sp³-hybridized carbons (Fsp3) is 0.429. The van der Waals surface area contributed by atoms with Gasteiger partial charge in [-0.2, -0.15) is 4.98 Å². The number of aryl methyl sites for hydroxylation is 1. The van der Waals surface area contributed by atoms with Crippen molar-refractivity contribution in [3.8, 4) is 0 Å². The van der Waals surface area contributed by atoms with E-state index in [1.54, 1.807) is 4.52 Å². The predicted molar refractivity (Wildman–Crippen MR) is 101 cm³/mol. The van der Waals surface area contributed by atoms with Crippen molar-refractivity contribution in [3.05, 3.63) is 58.7 Å². The number of ketones is 1. The lowest BCUT2D eigenvalue weighted by atomic mass is 9.81. The molecule has 4 rings (SSSR count). The monoisotopic (exact) mass is 348 g/mol. The summed E-state index contributed by atoms with van der Waals surface area (Å²) in [6, 6.07) is 8.67. The van der Waals surface area contributed by atoms with Gasteiger partial charge in [0.25, 0.3) is 5.78 Å². The van der Waals surface area contributed by atoms with Crippen molar-refractivity contribution in [3.63, 3.8) is 0 Å². The molecule has 26 heavy (non-hydrogen) atoms. The number of hydrogen-bond acceptors (Lipinski definition) is 4. The molecule has 5 nitrogen and oxygen atoms in total. The number of rotatable bonds is 4. The van der Waals surface area contributed by atoms with Gasteiger partial charge in [0.2, 0.25) is 0 Å². The van der Waals surface area contributed by atoms with E-state index in [9.17, 15) is 4.79 Å². The molecule has 1 aliphatic rings. The summed E-state index contributed by atoms with van der Waals surface area (Å²) in [7, 11) is 0. The standard InChI is InChI=1S/C21H24N4O/c1-4-5-20-23-21-22-18-10-16(11-19(26)17(18)12-25(21)24-20)15-8-6-14(7-9-15)13(2)3/h6-9,12-13,16H,4-5,10-11H2,1-3H3/t16-/m1/s1. The van der Waals surface area contributed by atoms with Gasteiger partial charge in [0.05, 0.1) is 11.3 Å². The average Bonchev–Trinajstić information content (AvgIpc) is 3.02. The van der Waals surface area contributed by atoms with Crippen LogP contribution in [0.15, 0.2) is 30.5 Å². The molecule has 1 aliphatic carbocycles. The second-order valence-electron chi connectivity index (χ2n) is 7.47. The molecule has 2 heterocycles. The van der Waals surface area contributed by atoms with E-state index < -0.39 is 0 Å². The highest BCUT2D eigenvalue weighted by atomic mass is 16.1. The summed E-state index contributed by atoms with van der Waals surface area (Å²) in [6.07, 6.45) is 4.92. The van der Waals surface area contributed by atoms with Crippen molar-refractivity contribution in [2.24, 2.45) is 0 Å². The first-order valence-electron chi connectivity index (χ1n) is 9.43. The van der Waals surface area contributed by atoms with E-state index in [1.807, 2.05) is 6.20 Å². The van der Waals surface area contributed by atoms with Crippen LogP contribution in [0.3, 0.4) is 0 Å². The number of nitrogens with zero attached hydrogens (tertiary/aromatic N) is 4. The highest BCUT2D eigenvalue weighted by molar-refractivity contribution is 5.98. The molecule has 0 amide bonds. The Hall–Kier alpha value is -2.56. The third-order valence-corrected chi connectivity index (χ3v) is 5.17. The van der Waals surface area contributed by atoms with Crippen LogP contribution in [0.25, 0.3) is 5.78 Å². The van der Waals surface area contributed by atoms with Crippen molar-refractivity contribution in [2.45, 2.75) is 58.3 Å². The zero-order valence-corrected chi connectivity index (χ0v) is 15.6. The summed E-state index contributed by atoms with van der Waals surface area (Å²) >= 11 is 0. The summed E-state index contributed by atoms with van der Waals surface area (Å²) < 4.78 is 1.65. The van der Waals surface area contributed by atoms with Gasteiger partial charge in [0, 0.05) is 19.0 Å². The molecule has 0 bridgehead atoms. The molecular weight excluding hydrogens is 324 g/mol. The SMILES string of the molecule is CCCc1nc2nc3c(cn2n1)C(=O)C[C@H](c1ccc(C(C)C)cc1)C3. The Morgan fingerprint density at radius 3 is 2.62 bits per heavy atom. The van der Waals surface area contributed by atoms with Crippen LogP contribution < -0.4 is 0 Å². The number of carbonyl (C=O) groups is 1. The second-order valence-corrected chi connectivity index (χ2v) is 7.47. The zero-order valence-electron chi connectivity index (χ0n) is 15.6. The van der Waals surface area contributed by atoms with Crippen molar-refractivity contribution < 1.29 is 4.79 Å². The Balaban J connectivity index is 1.66. The van der Waals surface area contributed by atoms with Crippen LogP contribution in [0, 0.1) is 0 Å². The number of benzene rings is 1. The summed E-state index contributed by atoms with van der Waals surface area (Å²) in [4.78, 5) is 21.9. The minimum absolute atomic E-state index is 0.145. The Morgan fingerprint density at radius 2 is 1.92 bits per heavy atom. The maximum atomic E-state index is 12.7. The molecule has 0 N–H and O–H groups in total. The van der Waals surface area contributed by atoms with E-state index in [0.717, 1.165) is 30.8 Å². The van der Waals surface area contributed by atoms with Gasteiger partial charge >= 0.3 is 0 Å². The van der Waals surface area contributed by atoms with Crippen molar-refractivity contribution >= 4 is 11.6 Å². The third kappa shape index (κ3) is 3.02.